The zero-order chi connectivity index (χ0) is 25.1. The summed E-state index contributed by atoms with van der Waals surface area (Å²) in [6.45, 7) is 5.32. The van der Waals surface area contributed by atoms with E-state index < -0.39 is 0 Å². The highest BCUT2D eigenvalue weighted by molar-refractivity contribution is 5.95. The molecule has 8 nitrogen and oxygen atoms in total. The van der Waals surface area contributed by atoms with Crippen LogP contribution in [0.4, 0.5) is 5.82 Å². The first kappa shape index (κ1) is 23.7. The number of benzene rings is 2. The fourth-order valence-electron chi connectivity index (χ4n) is 4.64. The van der Waals surface area contributed by atoms with E-state index in [2.05, 4.69) is 31.9 Å². The van der Waals surface area contributed by atoms with Crippen LogP contribution in [0.3, 0.4) is 0 Å². The molecule has 0 amide bonds. The summed E-state index contributed by atoms with van der Waals surface area (Å²) >= 11 is 0. The molecule has 0 radical (unpaired) electrons. The molecule has 5 rings (SSSR count). The second-order valence-corrected chi connectivity index (χ2v) is 8.83. The van der Waals surface area contributed by atoms with Crippen molar-refractivity contribution in [2.45, 2.75) is 13.0 Å². The molecule has 36 heavy (non-hydrogen) atoms. The molecule has 1 aliphatic rings. The maximum atomic E-state index is 11.1. The minimum atomic E-state index is -0.0441. The highest BCUT2D eigenvalue weighted by atomic mass is 16.5. The smallest absolute Gasteiger partial charge is 0.161 e. The third kappa shape index (κ3) is 4.59. The van der Waals surface area contributed by atoms with Gasteiger partial charge in [-0.25, -0.2) is 15.0 Å². The van der Waals surface area contributed by atoms with Gasteiger partial charge in [-0.15, -0.1) is 0 Å². The van der Waals surface area contributed by atoms with E-state index in [0.717, 1.165) is 71.6 Å². The molecule has 1 fully saturated rings. The van der Waals surface area contributed by atoms with Gasteiger partial charge in [0.05, 0.1) is 31.5 Å². The van der Waals surface area contributed by atoms with Crippen LogP contribution in [0, 0.1) is 0 Å². The Morgan fingerprint density at radius 1 is 0.833 bits per heavy atom. The van der Waals surface area contributed by atoms with Gasteiger partial charge in [0.1, 0.15) is 18.4 Å². The van der Waals surface area contributed by atoms with Crippen molar-refractivity contribution < 1.29 is 14.3 Å². The van der Waals surface area contributed by atoms with Crippen molar-refractivity contribution in [2.24, 2.45) is 0 Å². The number of methoxy groups -OCH3 is 2. The Balaban J connectivity index is 1.43. The van der Waals surface area contributed by atoms with Gasteiger partial charge < -0.3 is 19.2 Å². The Bertz CT molecular complexity index is 1370. The van der Waals surface area contributed by atoms with E-state index in [1.54, 1.807) is 20.5 Å². The Morgan fingerprint density at radius 3 is 2.25 bits per heavy atom. The highest BCUT2D eigenvalue weighted by Crippen LogP contribution is 2.35. The number of piperazine rings is 1. The van der Waals surface area contributed by atoms with Crippen LogP contribution in [0.5, 0.6) is 11.5 Å². The second-order valence-electron chi connectivity index (χ2n) is 8.83. The molecule has 1 atom stereocenters. The number of aromatic nitrogens is 3. The van der Waals surface area contributed by atoms with E-state index in [1.807, 2.05) is 49.5 Å². The summed E-state index contributed by atoms with van der Waals surface area (Å²) in [7, 11) is 3.26. The fraction of sp³-hybridized carbons (Fsp3) is 0.286. The number of carbonyl (C=O) groups excluding carboxylic acids is 1. The lowest BCUT2D eigenvalue weighted by molar-refractivity contribution is -0.112. The van der Waals surface area contributed by atoms with Gasteiger partial charge in [-0.2, -0.15) is 0 Å². The maximum absolute atomic E-state index is 11.1. The van der Waals surface area contributed by atoms with Crippen LogP contribution in [-0.4, -0.2) is 72.6 Å². The van der Waals surface area contributed by atoms with Gasteiger partial charge in [0, 0.05) is 43.3 Å². The monoisotopic (exact) mass is 483 g/mol. The van der Waals surface area contributed by atoms with E-state index in [4.69, 9.17) is 14.5 Å². The first-order valence-corrected chi connectivity index (χ1v) is 12.0. The lowest BCUT2D eigenvalue weighted by Gasteiger charge is -2.36. The molecule has 1 saturated heterocycles. The average molecular weight is 484 g/mol. The minimum absolute atomic E-state index is 0.0441. The predicted molar refractivity (Wildman–Crippen MR) is 141 cm³/mol. The van der Waals surface area contributed by atoms with Crippen molar-refractivity contribution >= 4 is 23.0 Å². The van der Waals surface area contributed by atoms with Gasteiger partial charge in [0.15, 0.2) is 11.5 Å². The Kier molecular flexibility index (Phi) is 6.77. The Hall–Kier alpha value is -4.04. The van der Waals surface area contributed by atoms with Crippen LogP contribution in [-0.2, 0) is 4.79 Å². The van der Waals surface area contributed by atoms with Crippen molar-refractivity contribution in [2.75, 3.05) is 45.3 Å². The molecule has 0 aliphatic carbocycles. The molecule has 0 N–H and O–H groups in total. The molecule has 4 aromatic rings. The largest absolute Gasteiger partial charge is 0.493 e. The van der Waals surface area contributed by atoms with Crippen molar-refractivity contribution in [3.8, 4) is 33.9 Å². The Morgan fingerprint density at radius 2 is 1.56 bits per heavy atom. The summed E-state index contributed by atoms with van der Waals surface area (Å²) in [5.41, 5.74) is 4.69. The van der Waals surface area contributed by atoms with Crippen molar-refractivity contribution in [1.82, 2.24) is 19.9 Å². The van der Waals surface area contributed by atoms with Crippen LogP contribution in [0.2, 0.25) is 0 Å². The predicted octanol–water partition coefficient (Wildman–Crippen LogP) is 4.09. The number of ether oxygens (including phenoxy) is 2. The number of rotatable bonds is 7. The van der Waals surface area contributed by atoms with Gasteiger partial charge in [0.25, 0.3) is 0 Å². The Labute approximate surface area is 210 Å². The quantitative estimate of drug-likeness (QED) is 0.364. The van der Waals surface area contributed by atoms with Crippen LogP contribution < -0.4 is 14.4 Å². The number of carbonyl (C=O) groups is 1. The molecule has 2 aromatic heterocycles. The summed E-state index contributed by atoms with van der Waals surface area (Å²) in [5, 5.41) is 0.954. The van der Waals surface area contributed by atoms with E-state index in [0.29, 0.717) is 11.5 Å². The molecule has 184 valence electrons. The number of fused-ring (bicyclic) bond motifs is 1. The topological polar surface area (TPSA) is 80.7 Å². The van der Waals surface area contributed by atoms with Crippen LogP contribution in [0.25, 0.3) is 33.3 Å². The van der Waals surface area contributed by atoms with Crippen molar-refractivity contribution in [1.29, 1.82) is 0 Å². The van der Waals surface area contributed by atoms with E-state index in [-0.39, 0.29) is 6.04 Å². The zero-order valence-corrected chi connectivity index (χ0v) is 20.7. The van der Waals surface area contributed by atoms with Crippen LogP contribution in [0.15, 0.2) is 61.1 Å². The third-order valence-corrected chi connectivity index (χ3v) is 6.78. The molecule has 3 heterocycles. The fourth-order valence-corrected chi connectivity index (χ4v) is 4.64. The standard InChI is InChI=1S/C28H29N5O3/c1-19(17-34)32-10-12-33(13-11-32)27-9-6-22(16-29-27)28-23-14-20(4-7-24(23)30-18-31-28)21-5-8-25(35-2)26(15-21)36-3/h4-9,14-19H,10-13H2,1-3H3. The summed E-state index contributed by atoms with van der Waals surface area (Å²) < 4.78 is 10.9. The molecule has 0 spiro atoms. The average Bonchev–Trinajstić information content (AvgIpc) is 2.96. The van der Waals surface area contributed by atoms with E-state index >= 15 is 0 Å². The lowest BCUT2D eigenvalue weighted by Crippen LogP contribution is -2.50. The minimum Gasteiger partial charge on any atom is -0.493 e. The summed E-state index contributed by atoms with van der Waals surface area (Å²) in [6.07, 6.45) is 4.47. The van der Waals surface area contributed by atoms with Crippen LogP contribution in [0.1, 0.15) is 6.92 Å². The molecular weight excluding hydrogens is 454 g/mol. The van der Waals surface area contributed by atoms with Gasteiger partial charge >= 0.3 is 0 Å². The SMILES string of the molecule is COc1ccc(-c2ccc3ncnc(-c4ccc(N5CCN(C(C)C=O)CC5)nc4)c3c2)cc1OC. The number of nitrogens with zero attached hydrogens (tertiary/aromatic N) is 5. The number of hydrogen-bond acceptors (Lipinski definition) is 8. The van der Waals surface area contributed by atoms with Crippen molar-refractivity contribution in [3.05, 3.63) is 61.1 Å². The molecule has 1 unspecified atom stereocenters. The number of pyridine rings is 1. The molecule has 0 saturated carbocycles. The van der Waals surface area contributed by atoms with Gasteiger partial charge in [-0.3, -0.25) is 4.90 Å². The summed E-state index contributed by atoms with van der Waals surface area (Å²) in [6, 6.07) is 16.1. The first-order chi connectivity index (χ1) is 17.6. The first-order valence-electron chi connectivity index (χ1n) is 12.0. The lowest BCUT2D eigenvalue weighted by atomic mass is 10.0. The van der Waals surface area contributed by atoms with Crippen molar-refractivity contribution in [3.63, 3.8) is 0 Å². The highest BCUT2D eigenvalue weighted by Gasteiger charge is 2.21. The normalized spacial score (nSPS) is 15.0. The van der Waals surface area contributed by atoms with Crippen LogP contribution >= 0.6 is 0 Å². The molecular formula is C28H29N5O3. The van der Waals surface area contributed by atoms with Gasteiger partial charge in [-0.1, -0.05) is 12.1 Å². The number of anilines is 1. The van der Waals surface area contributed by atoms with E-state index in [1.165, 1.54) is 0 Å². The number of aldehydes is 1. The molecule has 1 aliphatic heterocycles. The van der Waals surface area contributed by atoms with Gasteiger partial charge in [0.2, 0.25) is 0 Å². The summed E-state index contributed by atoms with van der Waals surface area (Å²) in [4.78, 5) is 29.4. The number of hydrogen-bond donors (Lipinski definition) is 0. The van der Waals surface area contributed by atoms with E-state index in [9.17, 15) is 4.79 Å². The summed E-state index contributed by atoms with van der Waals surface area (Å²) in [5.74, 6) is 2.30. The maximum Gasteiger partial charge on any atom is 0.161 e. The molecule has 8 heteroatoms. The van der Waals surface area contributed by atoms with Gasteiger partial charge in [-0.05, 0) is 54.4 Å². The molecule has 2 aromatic carbocycles. The molecule has 0 bridgehead atoms. The second kappa shape index (κ2) is 10.3. The zero-order valence-electron chi connectivity index (χ0n) is 20.7. The third-order valence-electron chi connectivity index (χ3n) is 6.78.